The van der Waals surface area contributed by atoms with Gasteiger partial charge in [0.15, 0.2) is 11.6 Å². The molecule has 1 unspecified atom stereocenters. The standard InChI is InChI=1S/C12H14O3/c1-9(13)11(14)7-8-12(15)10-5-3-2-4-6-10/h2-6,9,13H,7-8H2,1H3. The number of rotatable bonds is 5. The highest BCUT2D eigenvalue weighted by molar-refractivity contribution is 5.98. The summed E-state index contributed by atoms with van der Waals surface area (Å²) in [4.78, 5) is 22.6. The summed E-state index contributed by atoms with van der Waals surface area (Å²) in [5.74, 6) is -0.358. The zero-order chi connectivity index (χ0) is 11.3. The van der Waals surface area contributed by atoms with E-state index in [1.54, 1.807) is 24.3 Å². The number of ketones is 2. The molecule has 0 aliphatic carbocycles. The molecule has 15 heavy (non-hydrogen) atoms. The Balaban J connectivity index is 2.48. The van der Waals surface area contributed by atoms with Gasteiger partial charge < -0.3 is 5.11 Å². The third kappa shape index (κ3) is 3.64. The first-order valence-corrected chi connectivity index (χ1v) is 4.90. The first-order valence-electron chi connectivity index (χ1n) is 4.90. The van der Waals surface area contributed by atoms with Crippen LogP contribution in [-0.2, 0) is 4.79 Å². The van der Waals surface area contributed by atoms with Gasteiger partial charge in [-0.05, 0) is 6.92 Å². The van der Waals surface area contributed by atoms with E-state index in [1.807, 2.05) is 6.07 Å². The molecule has 0 saturated heterocycles. The molecular formula is C12H14O3. The number of benzene rings is 1. The monoisotopic (exact) mass is 206 g/mol. The van der Waals surface area contributed by atoms with E-state index in [1.165, 1.54) is 6.92 Å². The second-order valence-electron chi connectivity index (χ2n) is 3.43. The van der Waals surface area contributed by atoms with Gasteiger partial charge in [0.1, 0.15) is 6.10 Å². The van der Waals surface area contributed by atoms with Gasteiger partial charge in [-0.3, -0.25) is 9.59 Å². The third-order valence-corrected chi connectivity index (χ3v) is 2.16. The Bertz CT molecular complexity index is 341. The summed E-state index contributed by atoms with van der Waals surface area (Å²) in [6.45, 7) is 1.41. The lowest BCUT2D eigenvalue weighted by Crippen LogP contribution is -2.17. The average Bonchev–Trinajstić information content (AvgIpc) is 2.26. The van der Waals surface area contributed by atoms with Crippen LogP contribution in [0.5, 0.6) is 0 Å². The van der Waals surface area contributed by atoms with E-state index in [9.17, 15) is 9.59 Å². The van der Waals surface area contributed by atoms with Gasteiger partial charge in [-0.25, -0.2) is 0 Å². The fourth-order valence-corrected chi connectivity index (χ4v) is 1.21. The molecule has 3 nitrogen and oxygen atoms in total. The maximum absolute atomic E-state index is 11.5. The highest BCUT2D eigenvalue weighted by atomic mass is 16.3. The van der Waals surface area contributed by atoms with Crippen LogP contribution in [-0.4, -0.2) is 22.8 Å². The van der Waals surface area contributed by atoms with Gasteiger partial charge in [0.2, 0.25) is 0 Å². The Labute approximate surface area is 88.7 Å². The predicted molar refractivity (Wildman–Crippen MR) is 56.7 cm³/mol. The average molecular weight is 206 g/mol. The molecule has 0 aromatic heterocycles. The van der Waals surface area contributed by atoms with Crippen molar-refractivity contribution in [3.05, 3.63) is 35.9 Å². The second-order valence-corrected chi connectivity index (χ2v) is 3.43. The molecule has 0 radical (unpaired) electrons. The van der Waals surface area contributed by atoms with Gasteiger partial charge in [-0.1, -0.05) is 30.3 Å². The number of hydrogen-bond acceptors (Lipinski definition) is 3. The summed E-state index contributed by atoms with van der Waals surface area (Å²) in [5, 5.41) is 8.94. The van der Waals surface area contributed by atoms with Crippen molar-refractivity contribution < 1.29 is 14.7 Å². The van der Waals surface area contributed by atoms with Crippen LogP contribution in [0.2, 0.25) is 0 Å². The Kier molecular flexibility index (Phi) is 4.18. The SMILES string of the molecule is CC(O)C(=O)CCC(=O)c1ccccc1. The Morgan fingerprint density at radius 1 is 1.20 bits per heavy atom. The van der Waals surface area contributed by atoms with Gasteiger partial charge in [0.05, 0.1) is 0 Å². The van der Waals surface area contributed by atoms with E-state index in [2.05, 4.69) is 0 Å². The lowest BCUT2D eigenvalue weighted by atomic mass is 10.0. The zero-order valence-corrected chi connectivity index (χ0v) is 8.64. The molecule has 1 aromatic carbocycles. The number of carbonyl (C=O) groups excluding carboxylic acids is 2. The lowest BCUT2D eigenvalue weighted by molar-refractivity contribution is -0.126. The molecule has 0 bridgehead atoms. The van der Waals surface area contributed by atoms with Crippen molar-refractivity contribution in [2.24, 2.45) is 0 Å². The molecule has 1 aromatic rings. The van der Waals surface area contributed by atoms with Gasteiger partial charge in [-0.2, -0.15) is 0 Å². The molecule has 1 N–H and O–H groups in total. The maximum atomic E-state index is 11.5. The molecule has 0 saturated carbocycles. The molecule has 1 rings (SSSR count). The molecule has 80 valence electrons. The number of hydrogen-bond donors (Lipinski definition) is 1. The minimum absolute atomic E-state index is 0.0652. The molecule has 3 heteroatoms. The van der Waals surface area contributed by atoms with Crippen LogP contribution in [0, 0.1) is 0 Å². The van der Waals surface area contributed by atoms with Crippen molar-refractivity contribution >= 4 is 11.6 Å². The smallest absolute Gasteiger partial charge is 0.163 e. The normalized spacial score (nSPS) is 12.1. The van der Waals surface area contributed by atoms with Crippen molar-refractivity contribution in [1.82, 2.24) is 0 Å². The topological polar surface area (TPSA) is 54.4 Å². The molecule has 1 atom stereocenters. The molecule has 0 spiro atoms. The van der Waals surface area contributed by atoms with Gasteiger partial charge in [-0.15, -0.1) is 0 Å². The molecule has 0 heterocycles. The number of carbonyl (C=O) groups is 2. The van der Waals surface area contributed by atoms with Crippen LogP contribution < -0.4 is 0 Å². The van der Waals surface area contributed by atoms with Crippen molar-refractivity contribution in [1.29, 1.82) is 0 Å². The fraction of sp³-hybridized carbons (Fsp3) is 0.333. The number of aliphatic hydroxyl groups excluding tert-OH is 1. The molecule has 0 amide bonds. The predicted octanol–water partition coefficient (Wildman–Crippen LogP) is 1.60. The quantitative estimate of drug-likeness (QED) is 0.744. The Morgan fingerprint density at radius 3 is 2.33 bits per heavy atom. The van der Waals surface area contributed by atoms with Crippen molar-refractivity contribution in [2.45, 2.75) is 25.9 Å². The minimum Gasteiger partial charge on any atom is -0.386 e. The van der Waals surface area contributed by atoms with Crippen LogP contribution in [0.25, 0.3) is 0 Å². The summed E-state index contributed by atoms with van der Waals surface area (Å²) >= 11 is 0. The van der Waals surface area contributed by atoms with E-state index in [-0.39, 0.29) is 24.4 Å². The fourth-order valence-electron chi connectivity index (χ4n) is 1.21. The maximum Gasteiger partial charge on any atom is 0.163 e. The largest absolute Gasteiger partial charge is 0.386 e. The lowest BCUT2D eigenvalue weighted by Gasteiger charge is -2.02. The first kappa shape index (κ1) is 11.6. The molecule has 0 aliphatic rings. The van der Waals surface area contributed by atoms with E-state index < -0.39 is 6.10 Å². The van der Waals surface area contributed by atoms with E-state index in [0.29, 0.717) is 5.56 Å². The van der Waals surface area contributed by atoms with Gasteiger partial charge in [0, 0.05) is 18.4 Å². The summed E-state index contributed by atoms with van der Waals surface area (Å²) in [6, 6.07) is 8.83. The number of aliphatic hydroxyl groups is 1. The van der Waals surface area contributed by atoms with E-state index >= 15 is 0 Å². The molecular weight excluding hydrogens is 192 g/mol. The minimum atomic E-state index is -0.978. The molecule has 0 fully saturated rings. The van der Waals surface area contributed by atoms with Crippen molar-refractivity contribution in [3.63, 3.8) is 0 Å². The Morgan fingerprint density at radius 2 is 1.80 bits per heavy atom. The van der Waals surface area contributed by atoms with Crippen LogP contribution in [0.4, 0.5) is 0 Å². The zero-order valence-electron chi connectivity index (χ0n) is 8.64. The van der Waals surface area contributed by atoms with E-state index in [4.69, 9.17) is 5.11 Å². The summed E-state index contributed by atoms with van der Waals surface area (Å²) in [6.07, 6.45) is -0.715. The van der Waals surface area contributed by atoms with Crippen molar-refractivity contribution in [2.75, 3.05) is 0 Å². The van der Waals surface area contributed by atoms with Crippen LogP contribution in [0.1, 0.15) is 30.1 Å². The van der Waals surface area contributed by atoms with Crippen molar-refractivity contribution in [3.8, 4) is 0 Å². The molecule has 0 aliphatic heterocycles. The summed E-state index contributed by atoms with van der Waals surface area (Å²) < 4.78 is 0. The summed E-state index contributed by atoms with van der Waals surface area (Å²) in [5.41, 5.74) is 0.607. The van der Waals surface area contributed by atoms with Crippen LogP contribution >= 0.6 is 0 Å². The van der Waals surface area contributed by atoms with Gasteiger partial charge >= 0.3 is 0 Å². The van der Waals surface area contributed by atoms with Crippen LogP contribution in [0.3, 0.4) is 0 Å². The first-order chi connectivity index (χ1) is 7.11. The van der Waals surface area contributed by atoms with E-state index in [0.717, 1.165) is 0 Å². The second kappa shape index (κ2) is 5.41. The summed E-state index contributed by atoms with van der Waals surface area (Å²) in [7, 11) is 0. The Hall–Kier alpha value is -1.48. The highest BCUT2D eigenvalue weighted by Gasteiger charge is 2.12. The number of Topliss-reactive ketones (excluding diaryl/α,β-unsaturated/α-hetero) is 2. The van der Waals surface area contributed by atoms with Crippen LogP contribution in [0.15, 0.2) is 30.3 Å². The highest BCUT2D eigenvalue weighted by Crippen LogP contribution is 2.06. The third-order valence-electron chi connectivity index (χ3n) is 2.16. The van der Waals surface area contributed by atoms with Gasteiger partial charge in [0.25, 0.3) is 0 Å².